The summed E-state index contributed by atoms with van der Waals surface area (Å²) in [4.78, 5) is 16.3. The second-order valence-corrected chi connectivity index (χ2v) is 8.83. The first-order valence-corrected chi connectivity index (χ1v) is 13.0. The minimum absolute atomic E-state index is 0.225. The number of nitrogens with zero attached hydrogens (tertiary/aromatic N) is 1. The van der Waals surface area contributed by atoms with Crippen LogP contribution in [0, 0.1) is 0 Å². The van der Waals surface area contributed by atoms with Gasteiger partial charge in [0, 0.05) is 12.3 Å². The number of unbranched alkanes of at least 4 members (excludes halogenated alkanes) is 11. The van der Waals surface area contributed by atoms with Crippen LogP contribution >= 0.6 is 0 Å². The Morgan fingerprint density at radius 2 is 1.29 bits per heavy atom. The van der Waals surface area contributed by atoms with Gasteiger partial charge in [-0.15, -0.1) is 0 Å². The highest BCUT2D eigenvalue weighted by molar-refractivity contribution is 5.87. The Bertz CT molecular complexity index is 854. The van der Waals surface area contributed by atoms with Crippen molar-refractivity contribution in [3.63, 3.8) is 0 Å². The number of ether oxygens (including phenoxy) is 1. The number of phenols is 1. The maximum absolute atomic E-state index is 11.9. The largest absolute Gasteiger partial charge is 0.508 e. The molecule has 34 heavy (non-hydrogen) atoms. The van der Waals surface area contributed by atoms with Crippen molar-refractivity contribution >= 4 is 23.9 Å². The van der Waals surface area contributed by atoms with Crippen LogP contribution in [-0.2, 0) is 9.53 Å². The van der Waals surface area contributed by atoms with E-state index in [1.807, 2.05) is 24.3 Å². The van der Waals surface area contributed by atoms with E-state index >= 15 is 0 Å². The maximum atomic E-state index is 11.9. The molecule has 0 amide bonds. The van der Waals surface area contributed by atoms with Crippen molar-refractivity contribution in [3.05, 3.63) is 65.7 Å². The van der Waals surface area contributed by atoms with Crippen LogP contribution < -0.4 is 0 Å². The Morgan fingerprint density at radius 1 is 0.765 bits per heavy atom. The first-order valence-electron chi connectivity index (χ1n) is 13.0. The minimum atomic E-state index is -0.291. The van der Waals surface area contributed by atoms with Crippen LogP contribution in [0.15, 0.2) is 59.6 Å². The van der Waals surface area contributed by atoms with Crippen LogP contribution in [0.5, 0.6) is 5.75 Å². The number of hydrogen-bond donors (Lipinski definition) is 1. The zero-order valence-electron chi connectivity index (χ0n) is 20.8. The number of carbonyl (C=O) groups excluding carboxylic acids is 1. The van der Waals surface area contributed by atoms with E-state index in [1.54, 1.807) is 36.6 Å². The topological polar surface area (TPSA) is 58.9 Å². The van der Waals surface area contributed by atoms with Crippen molar-refractivity contribution < 1.29 is 14.6 Å². The molecular formula is C30H41NO3. The number of esters is 1. The van der Waals surface area contributed by atoms with Gasteiger partial charge in [-0.25, -0.2) is 4.79 Å². The molecule has 0 aromatic heterocycles. The molecule has 0 atom stereocenters. The second kappa shape index (κ2) is 17.6. The van der Waals surface area contributed by atoms with Crippen molar-refractivity contribution in [2.24, 2.45) is 4.99 Å². The predicted molar refractivity (Wildman–Crippen MR) is 143 cm³/mol. The fourth-order valence-corrected chi connectivity index (χ4v) is 3.71. The van der Waals surface area contributed by atoms with Gasteiger partial charge in [-0.05, 0) is 47.9 Å². The average molecular weight is 464 g/mol. The molecule has 0 aliphatic rings. The Balaban J connectivity index is 1.52. The molecule has 0 aliphatic heterocycles. The molecule has 4 heteroatoms. The molecule has 2 aromatic carbocycles. The van der Waals surface area contributed by atoms with Gasteiger partial charge in [-0.1, -0.05) is 102 Å². The van der Waals surface area contributed by atoms with Crippen LogP contribution in [0.3, 0.4) is 0 Å². The van der Waals surface area contributed by atoms with Gasteiger partial charge in [-0.2, -0.15) is 0 Å². The third-order valence-electron chi connectivity index (χ3n) is 5.80. The number of rotatable bonds is 17. The molecule has 0 fully saturated rings. The Labute approximate surface area is 205 Å². The van der Waals surface area contributed by atoms with Crippen LogP contribution in [0.2, 0.25) is 0 Å². The Hall–Kier alpha value is -2.88. The lowest BCUT2D eigenvalue weighted by Gasteiger charge is -2.03. The molecule has 184 valence electrons. The second-order valence-electron chi connectivity index (χ2n) is 8.83. The van der Waals surface area contributed by atoms with Crippen molar-refractivity contribution in [3.8, 4) is 5.75 Å². The van der Waals surface area contributed by atoms with Gasteiger partial charge in [0.05, 0.1) is 12.3 Å². The highest BCUT2D eigenvalue weighted by Gasteiger charge is 1.98. The molecular weight excluding hydrogens is 422 g/mol. The monoisotopic (exact) mass is 463 g/mol. The summed E-state index contributed by atoms with van der Waals surface area (Å²) in [5.41, 5.74) is 2.67. The smallest absolute Gasteiger partial charge is 0.330 e. The fourth-order valence-electron chi connectivity index (χ4n) is 3.71. The molecule has 0 unspecified atom stereocenters. The van der Waals surface area contributed by atoms with Crippen LogP contribution in [0.4, 0.5) is 5.69 Å². The summed E-state index contributed by atoms with van der Waals surface area (Å²) in [5.74, 6) is -0.0660. The van der Waals surface area contributed by atoms with E-state index in [4.69, 9.17) is 4.74 Å². The van der Waals surface area contributed by atoms with E-state index in [0.717, 1.165) is 29.7 Å². The number of carbonyl (C=O) groups is 1. The summed E-state index contributed by atoms with van der Waals surface area (Å²) in [6.07, 6.45) is 20.6. The van der Waals surface area contributed by atoms with Crippen molar-refractivity contribution in [1.82, 2.24) is 0 Å². The standard InChI is InChI=1S/C30H41NO3/c1-2-3-4-5-6-7-8-9-10-11-12-13-24-34-30(33)23-18-26-14-16-27(17-15-26)25-31-28-19-21-29(32)22-20-28/h14-23,25,32H,2-13,24H2,1H3. The Morgan fingerprint density at radius 3 is 1.88 bits per heavy atom. The van der Waals surface area contributed by atoms with E-state index in [-0.39, 0.29) is 11.7 Å². The molecule has 1 N–H and O–H groups in total. The van der Waals surface area contributed by atoms with Crippen LogP contribution in [0.25, 0.3) is 6.08 Å². The third-order valence-corrected chi connectivity index (χ3v) is 5.80. The summed E-state index contributed by atoms with van der Waals surface area (Å²) < 4.78 is 5.31. The molecule has 2 aromatic rings. The summed E-state index contributed by atoms with van der Waals surface area (Å²) in [5, 5.41) is 9.31. The lowest BCUT2D eigenvalue weighted by atomic mass is 10.1. The SMILES string of the molecule is CCCCCCCCCCCCCCOC(=O)C=Cc1ccc(C=Nc2ccc(O)cc2)cc1. The number of aromatic hydroxyl groups is 1. The molecule has 0 heterocycles. The molecule has 0 saturated heterocycles. The zero-order valence-corrected chi connectivity index (χ0v) is 20.8. The molecule has 4 nitrogen and oxygen atoms in total. The van der Waals surface area contributed by atoms with Gasteiger partial charge in [0.15, 0.2) is 0 Å². The molecule has 0 saturated carbocycles. The van der Waals surface area contributed by atoms with Gasteiger partial charge < -0.3 is 9.84 Å². The van der Waals surface area contributed by atoms with Crippen LogP contribution in [-0.4, -0.2) is 23.9 Å². The number of hydrogen-bond acceptors (Lipinski definition) is 4. The van der Waals surface area contributed by atoms with Crippen LogP contribution in [0.1, 0.15) is 95.1 Å². The summed E-state index contributed by atoms with van der Waals surface area (Å²) in [6, 6.07) is 14.5. The van der Waals surface area contributed by atoms with Crippen molar-refractivity contribution in [2.45, 2.75) is 84.0 Å². The molecule has 0 spiro atoms. The van der Waals surface area contributed by atoms with Crippen molar-refractivity contribution in [2.75, 3.05) is 6.61 Å². The molecule has 0 radical (unpaired) electrons. The summed E-state index contributed by atoms with van der Waals surface area (Å²) in [7, 11) is 0. The van der Waals surface area contributed by atoms with E-state index in [2.05, 4.69) is 11.9 Å². The average Bonchev–Trinajstić information content (AvgIpc) is 2.86. The van der Waals surface area contributed by atoms with Gasteiger partial charge in [0.2, 0.25) is 0 Å². The number of phenolic OH excluding ortho intramolecular Hbond substituents is 1. The van der Waals surface area contributed by atoms with E-state index in [9.17, 15) is 9.90 Å². The first kappa shape index (κ1) is 27.4. The fraction of sp³-hybridized carbons (Fsp3) is 0.467. The highest BCUT2D eigenvalue weighted by atomic mass is 16.5. The first-order chi connectivity index (χ1) is 16.7. The number of benzene rings is 2. The van der Waals surface area contributed by atoms with Gasteiger partial charge >= 0.3 is 5.97 Å². The van der Waals surface area contributed by atoms with Gasteiger partial charge in [0.25, 0.3) is 0 Å². The third kappa shape index (κ3) is 13.0. The van der Waals surface area contributed by atoms with Gasteiger partial charge in [-0.3, -0.25) is 4.99 Å². The summed E-state index contributed by atoms with van der Waals surface area (Å²) >= 11 is 0. The normalized spacial score (nSPS) is 11.4. The van der Waals surface area contributed by atoms with Gasteiger partial charge in [0.1, 0.15) is 5.75 Å². The highest BCUT2D eigenvalue weighted by Crippen LogP contribution is 2.17. The molecule has 0 aliphatic carbocycles. The molecule has 2 rings (SSSR count). The lowest BCUT2D eigenvalue weighted by molar-refractivity contribution is -0.137. The van der Waals surface area contributed by atoms with E-state index < -0.39 is 0 Å². The zero-order chi connectivity index (χ0) is 24.3. The van der Waals surface area contributed by atoms with E-state index in [0.29, 0.717) is 6.61 Å². The number of aliphatic imine (C=N–C) groups is 1. The predicted octanol–water partition coefficient (Wildman–Crippen LogP) is 8.40. The quantitative estimate of drug-likeness (QED) is 0.111. The molecule has 0 bridgehead atoms. The minimum Gasteiger partial charge on any atom is -0.508 e. The van der Waals surface area contributed by atoms with E-state index in [1.165, 1.54) is 70.3 Å². The Kier molecular flexibility index (Phi) is 14.1. The van der Waals surface area contributed by atoms with Crippen molar-refractivity contribution in [1.29, 1.82) is 0 Å². The lowest BCUT2D eigenvalue weighted by Crippen LogP contribution is -2.02. The summed E-state index contributed by atoms with van der Waals surface area (Å²) in [6.45, 7) is 2.75. The maximum Gasteiger partial charge on any atom is 0.330 e.